The predicted octanol–water partition coefficient (Wildman–Crippen LogP) is 6.49. The molecule has 0 aliphatic rings. The quantitative estimate of drug-likeness (QED) is 0.205. The number of methoxy groups -OCH3 is 1. The van der Waals surface area contributed by atoms with Gasteiger partial charge in [0.05, 0.1) is 12.0 Å². The van der Waals surface area contributed by atoms with Crippen molar-refractivity contribution in [2.24, 2.45) is 0 Å². The minimum Gasteiger partial charge on any atom is -0.493 e. The number of hydrogen-bond acceptors (Lipinski definition) is 7. The Balaban J connectivity index is 1.37. The highest BCUT2D eigenvalue weighted by Crippen LogP contribution is 2.31. The molecule has 4 aromatic rings. The number of ether oxygens (including phenoxy) is 2. The molecule has 0 atom stereocenters. The fourth-order valence-electron chi connectivity index (χ4n) is 3.25. The molecule has 196 valence electrons. The summed E-state index contributed by atoms with van der Waals surface area (Å²) in [5.74, 6) is 0.567. The Kier molecular flexibility index (Phi) is 8.90. The summed E-state index contributed by atoms with van der Waals surface area (Å²) in [5, 5.41) is 5.64. The van der Waals surface area contributed by atoms with Crippen LogP contribution in [0.3, 0.4) is 0 Å². The highest BCUT2D eigenvalue weighted by atomic mass is 35.5. The van der Waals surface area contributed by atoms with Crippen LogP contribution in [0, 0.1) is 0 Å². The lowest BCUT2D eigenvalue weighted by atomic mass is 10.2. The third-order valence-electron chi connectivity index (χ3n) is 5.13. The van der Waals surface area contributed by atoms with E-state index in [0.717, 1.165) is 0 Å². The normalized spacial score (nSPS) is 11.3. The van der Waals surface area contributed by atoms with Gasteiger partial charge in [0.25, 0.3) is 10.0 Å². The Hall–Kier alpha value is -3.57. The Morgan fingerprint density at radius 2 is 1.79 bits per heavy atom. The van der Waals surface area contributed by atoms with E-state index in [4.69, 9.17) is 32.7 Å². The molecule has 4 rings (SSSR count). The van der Waals surface area contributed by atoms with E-state index in [1.165, 1.54) is 55.0 Å². The van der Waals surface area contributed by atoms with Gasteiger partial charge in [-0.05, 0) is 60.2 Å². The summed E-state index contributed by atoms with van der Waals surface area (Å²) >= 11 is 13.6. The SMILES string of the molecule is COc1cc(C=CC(=O)Nc2ccc(S(=O)(=O)Nc3nccs3)cc2)ccc1OCc1c(Cl)cccc1Cl. The highest BCUT2D eigenvalue weighted by Gasteiger charge is 2.15. The number of halogens is 2. The molecule has 0 spiro atoms. The van der Waals surface area contributed by atoms with Crippen LogP contribution in [-0.2, 0) is 21.4 Å². The van der Waals surface area contributed by atoms with Gasteiger partial charge in [-0.25, -0.2) is 13.4 Å². The summed E-state index contributed by atoms with van der Waals surface area (Å²) in [6.07, 6.45) is 4.47. The van der Waals surface area contributed by atoms with Crippen molar-refractivity contribution in [2.75, 3.05) is 17.1 Å². The molecule has 12 heteroatoms. The van der Waals surface area contributed by atoms with E-state index in [9.17, 15) is 13.2 Å². The first kappa shape index (κ1) is 27.5. The zero-order valence-electron chi connectivity index (χ0n) is 19.9. The van der Waals surface area contributed by atoms with Gasteiger partial charge in [0.1, 0.15) is 6.61 Å². The number of carbonyl (C=O) groups is 1. The van der Waals surface area contributed by atoms with E-state index < -0.39 is 15.9 Å². The predicted molar refractivity (Wildman–Crippen MR) is 151 cm³/mol. The van der Waals surface area contributed by atoms with E-state index in [-0.39, 0.29) is 16.6 Å². The average molecular weight is 591 g/mol. The molecule has 2 N–H and O–H groups in total. The zero-order valence-corrected chi connectivity index (χ0v) is 23.0. The molecule has 8 nitrogen and oxygen atoms in total. The van der Waals surface area contributed by atoms with Gasteiger partial charge in [-0.15, -0.1) is 11.3 Å². The van der Waals surface area contributed by atoms with Gasteiger partial charge in [0, 0.05) is 38.9 Å². The number of aromatic nitrogens is 1. The standard InChI is InChI=1S/C26H21Cl2N3O5S2/c1-35-24-15-17(5-11-23(24)36-16-20-21(27)3-2-4-22(20)28)6-12-25(32)30-18-7-9-19(10-8-18)38(33,34)31-26-29-13-14-37-26/h2-15H,16H2,1H3,(H,29,31)(H,30,32). The fraction of sp³-hybridized carbons (Fsp3) is 0.0769. The lowest BCUT2D eigenvalue weighted by molar-refractivity contribution is -0.111. The Morgan fingerprint density at radius 3 is 2.45 bits per heavy atom. The van der Waals surface area contributed by atoms with Crippen LogP contribution in [0.1, 0.15) is 11.1 Å². The minimum atomic E-state index is -3.77. The van der Waals surface area contributed by atoms with Crippen molar-refractivity contribution in [3.8, 4) is 11.5 Å². The van der Waals surface area contributed by atoms with E-state index in [1.807, 2.05) is 0 Å². The molecule has 1 aromatic heterocycles. The maximum Gasteiger partial charge on any atom is 0.263 e. The monoisotopic (exact) mass is 589 g/mol. The molecule has 0 saturated carbocycles. The molecule has 0 aliphatic carbocycles. The van der Waals surface area contributed by atoms with Crippen molar-refractivity contribution in [1.29, 1.82) is 0 Å². The van der Waals surface area contributed by atoms with Crippen LogP contribution in [-0.4, -0.2) is 26.4 Å². The van der Waals surface area contributed by atoms with E-state index in [2.05, 4.69) is 15.0 Å². The van der Waals surface area contributed by atoms with Gasteiger partial charge in [-0.2, -0.15) is 0 Å². The number of rotatable bonds is 10. The number of sulfonamides is 1. The average Bonchev–Trinajstić information content (AvgIpc) is 3.40. The first-order valence-corrected chi connectivity index (χ1v) is 14.1. The molecule has 0 aliphatic heterocycles. The molecule has 1 heterocycles. The molecule has 0 unspecified atom stereocenters. The van der Waals surface area contributed by atoms with Crippen LogP contribution in [0.15, 0.2) is 83.2 Å². The molecular formula is C26H21Cl2N3O5S2. The van der Waals surface area contributed by atoms with E-state index in [0.29, 0.717) is 38.4 Å². The highest BCUT2D eigenvalue weighted by molar-refractivity contribution is 7.93. The number of hydrogen-bond donors (Lipinski definition) is 2. The summed E-state index contributed by atoms with van der Waals surface area (Å²) in [6, 6.07) is 16.2. The van der Waals surface area contributed by atoms with Crippen molar-refractivity contribution < 1.29 is 22.7 Å². The lowest BCUT2D eigenvalue weighted by Gasteiger charge is -2.13. The van der Waals surface area contributed by atoms with Gasteiger partial charge in [0.2, 0.25) is 5.91 Å². The van der Waals surface area contributed by atoms with Gasteiger partial charge in [-0.1, -0.05) is 35.3 Å². The lowest BCUT2D eigenvalue weighted by Crippen LogP contribution is -2.13. The summed E-state index contributed by atoms with van der Waals surface area (Å²) < 4.78 is 38.5. The van der Waals surface area contributed by atoms with E-state index >= 15 is 0 Å². The van der Waals surface area contributed by atoms with Gasteiger partial charge in [-0.3, -0.25) is 9.52 Å². The first-order chi connectivity index (χ1) is 18.2. The van der Waals surface area contributed by atoms with Crippen LogP contribution in [0.5, 0.6) is 11.5 Å². The molecule has 0 bridgehead atoms. The van der Waals surface area contributed by atoms with Crippen LogP contribution < -0.4 is 19.5 Å². The number of thiazole rings is 1. The largest absolute Gasteiger partial charge is 0.493 e. The number of nitrogens with one attached hydrogen (secondary N) is 2. The molecule has 0 saturated heterocycles. The third kappa shape index (κ3) is 7.05. The second-order valence-corrected chi connectivity index (χ2v) is 11.1. The first-order valence-electron chi connectivity index (χ1n) is 11.0. The molecule has 3 aromatic carbocycles. The second kappa shape index (κ2) is 12.3. The van der Waals surface area contributed by atoms with Crippen LogP contribution in [0.2, 0.25) is 10.0 Å². The summed E-state index contributed by atoms with van der Waals surface area (Å²) in [6.45, 7) is 0.160. The van der Waals surface area contributed by atoms with Gasteiger partial charge < -0.3 is 14.8 Å². The van der Waals surface area contributed by atoms with Crippen LogP contribution in [0.25, 0.3) is 6.08 Å². The third-order valence-corrected chi connectivity index (χ3v) is 8.02. The van der Waals surface area contributed by atoms with Crippen LogP contribution in [0.4, 0.5) is 10.8 Å². The summed E-state index contributed by atoms with van der Waals surface area (Å²) in [4.78, 5) is 16.4. The fourth-order valence-corrected chi connectivity index (χ4v) is 5.54. The number of nitrogens with zero attached hydrogens (tertiary/aromatic N) is 1. The number of amides is 1. The van der Waals surface area contributed by atoms with Crippen molar-refractivity contribution >= 4 is 67.4 Å². The summed E-state index contributed by atoms with van der Waals surface area (Å²) in [5.41, 5.74) is 1.81. The van der Waals surface area contributed by atoms with Crippen LogP contribution >= 0.6 is 34.5 Å². The topological polar surface area (TPSA) is 107 Å². The Labute approximate surface area is 233 Å². The molecule has 38 heavy (non-hydrogen) atoms. The Bertz CT molecular complexity index is 1540. The van der Waals surface area contributed by atoms with Crippen molar-refractivity contribution in [3.05, 3.63) is 99.5 Å². The maximum absolute atomic E-state index is 12.4. The molecule has 0 radical (unpaired) electrons. The maximum atomic E-state index is 12.4. The minimum absolute atomic E-state index is 0.0486. The van der Waals surface area contributed by atoms with Crippen molar-refractivity contribution in [1.82, 2.24) is 4.98 Å². The molecule has 1 amide bonds. The smallest absolute Gasteiger partial charge is 0.263 e. The van der Waals surface area contributed by atoms with Crippen molar-refractivity contribution in [3.63, 3.8) is 0 Å². The second-order valence-electron chi connectivity index (χ2n) is 7.69. The van der Waals surface area contributed by atoms with Gasteiger partial charge in [0.15, 0.2) is 16.6 Å². The van der Waals surface area contributed by atoms with Gasteiger partial charge >= 0.3 is 0 Å². The molecule has 0 fully saturated rings. The van der Waals surface area contributed by atoms with Crippen molar-refractivity contribution in [2.45, 2.75) is 11.5 Å². The number of benzene rings is 3. The summed E-state index contributed by atoms with van der Waals surface area (Å²) in [7, 11) is -2.26. The number of anilines is 2. The Morgan fingerprint density at radius 1 is 1.05 bits per heavy atom. The van der Waals surface area contributed by atoms with E-state index in [1.54, 1.807) is 47.9 Å². The molecular weight excluding hydrogens is 569 g/mol. The zero-order chi connectivity index (χ0) is 27.1. The number of carbonyl (C=O) groups excluding carboxylic acids is 1.